The first-order valence-electron chi connectivity index (χ1n) is 4.92. The summed E-state index contributed by atoms with van der Waals surface area (Å²) in [6.07, 6.45) is 1.41. The molecule has 0 saturated carbocycles. The fraction of sp³-hybridized carbons (Fsp3) is 0.333. The minimum absolute atomic E-state index is 0.0629. The van der Waals surface area contributed by atoms with Crippen molar-refractivity contribution in [3.8, 4) is 0 Å². The van der Waals surface area contributed by atoms with Crippen LogP contribution < -0.4 is 10.0 Å². The van der Waals surface area contributed by atoms with Gasteiger partial charge in [0.25, 0.3) is 0 Å². The molecule has 1 aliphatic rings. The molecule has 2 heterocycles. The molecule has 0 bridgehead atoms. The molecule has 1 amide bonds. The highest BCUT2D eigenvalue weighted by Gasteiger charge is 2.37. The first kappa shape index (κ1) is 13.9. The van der Waals surface area contributed by atoms with Crippen LogP contribution in [0.2, 0.25) is 0 Å². The van der Waals surface area contributed by atoms with Gasteiger partial charge in [-0.25, -0.2) is 18.5 Å². The standard InChI is InChI=1S/C9H9Br2N3O3S/c10-7-1-5(3-13-9(7)11)14-4-6(2-8(14)15)18(12,16)17/h1,3,6H,2,4H2,(H2,12,16,17). The summed E-state index contributed by atoms with van der Waals surface area (Å²) in [5, 5.41) is 4.20. The number of anilines is 1. The van der Waals surface area contributed by atoms with Crippen LogP contribution in [-0.2, 0) is 14.8 Å². The van der Waals surface area contributed by atoms with E-state index in [1.807, 2.05) is 0 Å². The fourth-order valence-corrected chi connectivity index (χ4v) is 2.99. The molecule has 1 unspecified atom stereocenters. The summed E-state index contributed by atoms with van der Waals surface area (Å²) in [7, 11) is -3.70. The van der Waals surface area contributed by atoms with Crippen molar-refractivity contribution < 1.29 is 13.2 Å². The lowest BCUT2D eigenvalue weighted by Gasteiger charge is -2.16. The predicted octanol–water partition coefficient (Wildman–Crippen LogP) is 1.00. The lowest BCUT2D eigenvalue weighted by Crippen LogP contribution is -2.32. The Morgan fingerprint density at radius 3 is 2.61 bits per heavy atom. The van der Waals surface area contributed by atoms with Crippen LogP contribution in [-0.4, -0.2) is 31.1 Å². The lowest BCUT2D eigenvalue weighted by atomic mass is 10.4. The van der Waals surface area contributed by atoms with Gasteiger partial charge < -0.3 is 4.90 Å². The number of amides is 1. The average molecular weight is 399 g/mol. The van der Waals surface area contributed by atoms with Gasteiger partial charge in [0.2, 0.25) is 15.9 Å². The van der Waals surface area contributed by atoms with E-state index < -0.39 is 15.3 Å². The largest absolute Gasteiger partial charge is 0.309 e. The molecular weight excluding hydrogens is 390 g/mol. The Balaban J connectivity index is 2.30. The number of hydrogen-bond donors (Lipinski definition) is 1. The molecule has 0 aliphatic carbocycles. The lowest BCUT2D eigenvalue weighted by molar-refractivity contribution is -0.117. The Morgan fingerprint density at radius 1 is 1.44 bits per heavy atom. The van der Waals surface area contributed by atoms with E-state index in [1.54, 1.807) is 6.07 Å². The zero-order valence-corrected chi connectivity index (χ0v) is 13.0. The van der Waals surface area contributed by atoms with Crippen molar-refractivity contribution in [1.29, 1.82) is 0 Å². The summed E-state index contributed by atoms with van der Waals surface area (Å²) in [6.45, 7) is 0.0629. The number of hydrogen-bond acceptors (Lipinski definition) is 4. The highest BCUT2D eigenvalue weighted by Crippen LogP contribution is 2.29. The third kappa shape index (κ3) is 2.73. The minimum atomic E-state index is -3.70. The number of sulfonamides is 1. The molecule has 0 aromatic carbocycles. The molecule has 2 rings (SSSR count). The van der Waals surface area contributed by atoms with Gasteiger partial charge in [0.1, 0.15) is 9.85 Å². The molecule has 0 radical (unpaired) electrons. The van der Waals surface area contributed by atoms with Crippen LogP contribution >= 0.6 is 31.9 Å². The summed E-state index contributed by atoms with van der Waals surface area (Å²) in [6, 6.07) is 1.69. The van der Waals surface area contributed by atoms with Crippen LogP contribution in [0.3, 0.4) is 0 Å². The van der Waals surface area contributed by atoms with Crippen molar-refractivity contribution in [2.24, 2.45) is 5.14 Å². The Morgan fingerprint density at radius 2 is 2.11 bits per heavy atom. The summed E-state index contributed by atoms with van der Waals surface area (Å²) < 4.78 is 23.8. The van der Waals surface area contributed by atoms with Gasteiger partial charge in [0.05, 0.1) is 16.4 Å². The van der Waals surface area contributed by atoms with Gasteiger partial charge in [-0.05, 0) is 37.9 Å². The number of carbonyl (C=O) groups excluding carboxylic acids is 1. The smallest absolute Gasteiger partial charge is 0.228 e. The molecule has 9 heteroatoms. The van der Waals surface area contributed by atoms with Crippen LogP contribution in [0.15, 0.2) is 21.3 Å². The molecule has 1 aromatic rings. The Labute approximate surface area is 121 Å². The maximum atomic E-state index is 11.8. The number of pyridine rings is 1. The van der Waals surface area contributed by atoms with Gasteiger partial charge in [-0.1, -0.05) is 0 Å². The Hall–Kier alpha value is -0.510. The number of primary sulfonamides is 1. The van der Waals surface area contributed by atoms with E-state index in [2.05, 4.69) is 36.8 Å². The number of aromatic nitrogens is 1. The van der Waals surface area contributed by atoms with E-state index >= 15 is 0 Å². The van der Waals surface area contributed by atoms with Crippen LogP contribution in [0.5, 0.6) is 0 Å². The van der Waals surface area contributed by atoms with Gasteiger partial charge in [0, 0.05) is 13.0 Å². The van der Waals surface area contributed by atoms with Crippen molar-refractivity contribution in [3.63, 3.8) is 0 Å². The second-order valence-corrected chi connectivity index (χ2v) is 7.34. The first-order chi connectivity index (χ1) is 8.29. The van der Waals surface area contributed by atoms with Crippen LogP contribution in [0.1, 0.15) is 6.42 Å². The van der Waals surface area contributed by atoms with E-state index in [1.165, 1.54) is 11.1 Å². The highest BCUT2D eigenvalue weighted by molar-refractivity contribution is 9.13. The number of carbonyl (C=O) groups is 1. The summed E-state index contributed by atoms with van der Waals surface area (Å²) >= 11 is 6.50. The maximum Gasteiger partial charge on any atom is 0.228 e. The van der Waals surface area contributed by atoms with E-state index in [-0.39, 0.29) is 18.9 Å². The monoisotopic (exact) mass is 397 g/mol. The number of nitrogens with zero attached hydrogens (tertiary/aromatic N) is 2. The van der Waals surface area contributed by atoms with E-state index in [0.717, 1.165) is 0 Å². The molecule has 18 heavy (non-hydrogen) atoms. The zero-order valence-electron chi connectivity index (χ0n) is 9.01. The number of rotatable bonds is 2. The molecule has 0 spiro atoms. The summed E-state index contributed by atoms with van der Waals surface area (Å²) in [4.78, 5) is 17.2. The second kappa shape index (κ2) is 4.87. The molecule has 2 N–H and O–H groups in total. The quantitative estimate of drug-likeness (QED) is 0.752. The number of halogens is 2. The van der Waals surface area contributed by atoms with Crippen molar-refractivity contribution in [2.75, 3.05) is 11.4 Å². The van der Waals surface area contributed by atoms with Crippen LogP contribution in [0.4, 0.5) is 5.69 Å². The van der Waals surface area contributed by atoms with Crippen molar-refractivity contribution in [1.82, 2.24) is 4.98 Å². The molecule has 6 nitrogen and oxygen atoms in total. The average Bonchev–Trinajstić information content (AvgIpc) is 2.64. The topological polar surface area (TPSA) is 93.4 Å². The fourth-order valence-electron chi connectivity index (χ4n) is 1.70. The third-order valence-corrected chi connectivity index (χ3v) is 5.66. The van der Waals surface area contributed by atoms with Crippen LogP contribution in [0.25, 0.3) is 0 Å². The maximum absolute atomic E-state index is 11.8. The van der Waals surface area contributed by atoms with Crippen molar-refractivity contribution in [3.05, 3.63) is 21.3 Å². The molecule has 1 aliphatic heterocycles. The minimum Gasteiger partial charge on any atom is -0.309 e. The Kier molecular flexibility index (Phi) is 3.77. The first-order valence-corrected chi connectivity index (χ1v) is 8.11. The van der Waals surface area contributed by atoms with Gasteiger partial charge in [-0.3, -0.25) is 4.79 Å². The molecule has 98 valence electrons. The van der Waals surface area contributed by atoms with Gasteiger partial charge in [0.15, 0.2) is 0 Å². The van der Waals surface area contributed by atoms with Crippen LogP contribution in [0, 0.1) is 0 Å². The highest BCUT2D eigenvalue weighted by atomic mass is 79.9. The Bertz CT molecular complexity index is 605. The third-order valence-electron chi connectivity index (χ3n) is 2.65. The van der Waals surface area contributed by atoms with Gasteiger partial charge in [-0.15, -0.1) is 0 Å². The molecule has 1 atom stereocenters. The van der Waals surface area contributed by atoms with Crippen molar-refractivity contribution in [2.45, 2.75) is 11.7 Å². The molecule has 1 saturated heterocycles. The zero-order chi connectivity index (χ0) is 13.5. The van der Waals surface area contributed by atoms with E-state index in [4.69, 9.17) is 5.14 Å². The normalized spacial score (nSPS) is 20.5. The second-order valence-electron chi connectivity index (χ2n) is 3.89. The molecular formula is C9H9Br2N3O3S. The summed E-state index contributed by atoms with van der Waals surface area (Å²) in [5.74, 6) is -0.273. The molecule has 1 fully saturated rings. The molecule has 1 aromatic heterocycles. The number of nitrogens with two attached hydrogens (primary N) is 1. The van der Waals surface area contributed by atoms with Gasteiger partial charge >= 0.3 is 0 Å². The van der Waals surface area contributed by atoms with E-state index in [9.17, 15) is 13.2 Å². The van der Waals surface area contributed by atoms with Crippen molar-refractivity contribution >= 4 is 53.5 Å². The summed E-state index contributed by atoms with van der Waals surface area (Å²) in [5.41, 5.74) is 0.543. The van der Waals surface area contributed by atoms with Gasteiger partial charge in [-0.2, -0.15) is 0 Å². The predicted molar refractivity (Wildman–Crippen MR) is 73.5 cm³/mol. The SMILES string of the molecule is NS(=O)(=O)C1CC(=O)N(c2cnc(Br)c(Br)c2)C1. The van der Waals surface area contributed by atoms with E-state index in [0.29, 0.717) is 14.8 Å².